The number of likely N-dealkylation sites (N-methyl/N-ethyl adjacent to an activating group) is 1. The van der Waals surface area contributed by atoms with Gasteiger partial charge in [0.25, 0.3) is 11.8 Å². The molecule has 1 atom stereocenters. The Bertz CT molecular complexity index is 1360. The Morgan fingerprint density at radius 3 is 2.52 bits per heavy atom. The number of amides is 2. The number of hydrogen-bond acceptors (Lipinski definition) is 4. The summed E-state index contributed by atoms with van der Waals surface area (Å²) in [6, 6.07) is 24.8. The third kappa shape index (κ3) is 3.80. The van der Waals surface area contributed by atoms with E-state index in [1.54, 1.807) is 18.0 Å². The van der Waals surface area contributed by atoms with Crippen LogP contribution in [0.15, 0.2) is 78.9 Å². The van der Waals surface area contributed by atoms with Crippen molar-refractivity contribution in [3.05, 3.63) is 90.0 Å². The monoisotopic (exact) mass is 437 g/mol. The number of fused-ring (bicyclic) bond motifs is 2. The zero-order valence-electron chi connectivity index (χ0n) is 18.4. The maximum absolute atomic E-state index is 14.0. The highest BCUT2D eigenvalue weighted by atomic mass is 16.5. The molecule has 2 heterocycles. The number of rotatable bonds is 3. The maximum atomic E-state index is 14.0. The first-order chi connectivity index (χ1) is 16.0. The number of ether oxygens (including phenoxy) is 1. The zero-order chi connectivity index (χ0) is 22.9. The van der Waals surface area contributed by atoms with Gasteiger partial charge in [0.2, 0.25) is 0 Å². The molecule has 3 aromatic carbocycles. The van der Waals surface area contributed by atoms with E-state index < -0.39 is 6.10 Å². The molecule has 1 N–H and O–H groups in total. The Balaban J connectivity index is 1.64. The molecule has 1 unspecified atom stereocenters. The van der Waals surface area contributed by atoms with Crippen LogP contribution in [0.25, 0.3) is 22.2 Å². The van der Waals surface area contributed by atoms with Gasteiger partial charge >= 0.3 is 0 Å². The first kappa shape index (κ1) is 20.7. The predicted octanol–water partition coefficient (Wildman–Crippen LogP) is 4.36. The lowest BCUT2D eigenvalue weighted by atomic mass is 10.0. The molecule has 0 saturated carbocycles. The lowest BCUT2D eigenvalue weighted by Gasteiger charge is -2.34. The van der Waals surface area contributed by atoms with Gasteiger partial charge in [-0.25, -0.2) is 4.98 Å². The number of nitrogens with one attached hydrogen (secondary N) is 1. The molecule has 1 aliphatic rings. The van der Waals surface area contributed by atoms with E-state index in [4.69, 9.17) is 9.72 Å². The van der Waals surface area contributed by atoms with Crippen molar-refractivity contribution >= 4 is 28.4 Å². The van der Waals surface area contributed by atoms with Gasteiger partial charge in [0, 0.05) is 18.0 Å². The minimum absolute atomic E-state index is 0.117. The zero-order valence-corrected chi connectivity index (χ0v) is 18.4. The van der Waals surface area contributed by atoms with Crippen molar-refractivity contribution in [2.75, 3.05) is 18.5 Å². The summed E-state index contributed by atoms with van der Waals surface area (Å²) in [5.74, 6) is 0.0247. The molecular weight excluding hydrogens is 414 g/mol. The van der Waals surface area contributed by atoms with Crippen LogP contribution in [-0.2, 0) is 4.79 Å². The fourth-order valence-electron chi connectivity index (χ4n) is 4.09. The van der Waals surface area contributed by atoms with Gasteiger partial charge in [-0.2, -0.15) is 0 Å². The fraction of sp³-hybridized carbons (Fsp3) is 0.148. The summed E-state index contributed by atoms with van der Waals surface area (Å²) in [7, 11) is 1.56. The number of pyridine rings is 1. The van der Waals surface area contributed by atoms with Crippen molar-refractivity contribution in [3.8, 4) is 17.0 Å². The molecule has 0 bridgehead atoms. The second-order valence-corrected chi connectivity index (χ2v) is 8.04. The molecule has 33 heavy (non-hydrogen) atoms. The van der Waals surface area contributed by atoms with Gasteiger partial charge in [0.1, 0.15) is 5.75 Å². The average Bonchev–Trinajstić information content (AvgIpc) is 2.87. The van der Waals surface area contributed by atoms with Crippen molar-refractivity contribution < 1.29 is 14.3 Å². The van der Waals surface area contributed by atoms with Crippen LogP contribution in [0.3, 0.4) is 0 Å². The van der Waals surface area contributed by atoms with Gasteiger partial charge < -0.3 is 15.0 Å². The number of nitrogens with zero attached hydrogens (tertiary/aromatic N) is 2. The van der Waals surface area contributed by atoms with Gasteiger partial charge in [-0.3, -0.25) is 9.59 Å². The largest absolute Gasteiger partial charge is 0.477 e. The Morgan fingerprint density at radius 2 is 1.73 bits per heavy atom. The minimum atomic E-state index is -0.793. The van der Waals surface area contributed by atoms with Crippen LogP contribution in [0.2, 0.25) is 0 Å². The molecule has 0 saturated heterocycles. The van der Waals surface area contributed by atoms with Crippen LogP contribution < -0.4 is 15.0 Å². The van der Waals surface area contributed by atoms with Crippen LogP contribution in [0.4, 0.5) is 5.69 Å². The standard InChI is InChI=1S/C27H23N3O3/c1-17-11-13-18(14-12-17)22-15-20(19-7-3-4-8-21(19)29-22)27(32)30-16-25(26(31)28-2)33-24-10-6-5-9-23(24)30/h3-15,25H,16H2,1-2H3,(H,28,31). The molecule has 0 spiro atoms. The number of carbonyl (C=O) groups is 2. The Labute approximate surface area is 191 Å². The summed E-state index contributed by atoms with van der Waals surface area (Å²) in [4.78, 5) is 32.8. The topological polar surface area (TPSA) is 71.5 Å². The number of carbonyl (C=O) groups excluding carboxylic acids is 2. The molecule has 0 aliphatic carbocycles. The quantitative estimate of drug-likeness (QED) is 0.517. The van der Waals surface area contributed by atoms with Gasteiger partial charge in [0.15, 0.2) is 6.10 Å². The summed E-state index contributed by atoms with van der Waals surface area (Å²) in [5, 5.41) is 3.38. The van der Waals surface area contributed by atoms with Gasteiger partial charge in [-0.1, -0.05) is 60.2 Å². The van der Waals surface area contributed by atoms with E-state index in [-0.39, 0.29) is 18.4 Å². The summed E-state index contributed by atoms with van der Waals surface area (Å²) in [6.07, 6.45) is -0.793. The summed E-state index contributed by atoms with van der Waals surface area (Å²) in [5.41, 5.74) is 4.72. The summed E-state index contributed by atoms with van der Waals surface area (Å²) < 4.78 is 5.87. The Morgan fingerprint density at radius 1 is 1.00 bits per heavy atom. The third-order valence-electron chi connectivity index (χ3n) is 5.85. The molecule has 0 radical (unpaired) electrons. The molecule has 1 aliphatic heterocycles. The smallest absolute Gasteiger partial charge is 0.262 e. The van der Waals surface area contributed by atoms with Crippen LogP contribution in [0, 0.1) is 6.92 Å². The fourth-order valence-corrected chi connectivity index (χ4v) is 4.09. The maximum Gasteiger partial charge on any atom is 0.262 e. The first-order valence-corrected chi connectivity index (χ1v) is 10.8. The highest BCUT2D eigenvalue weighted by molar-refractivity contribution is 6.15. The molecule has 2 amide bonds. The highest BCUT2D eigenvalue weighted by Crippen LogP contribution is 2.35. The molecule has 1 aromatic heterocycles. The lowest BCUT2D eigenvalue weighted by molar-refractivity contribution is -0.127. The van der Waals surface area contributed by atoms with Crippen molar-refractivity contribution in [1.82, 2.24) is 10.3 Å². The molecule has 0 fully saturated rings. The second kappa shape index (κ2) is 8.39. The van der Waals surface area contributed by atoms with Crippen molar-refractivity contribution in [3.63, 3.8) is 0 Å². The lowest BCUT2D eigenvalue weighted by Crippen LogP contribution is -2.50. The first-order valence-electron chi connectivity index (χ1n) is 10.8. The average molecular weight is 437 g/mol. The van der Waals surface area contributed by atoms with Crippen LogP contribution >= 0.6 is 0 Å². The highest BCUT2D eigenvalue weighted by Gasteiger charge is 2.34. The van der Waals surface area contributed by atoms with E-state index >= 15 is 0 Å². The van der Waals surface area contributed by atoms with Crippen molar-refractivity contribution in [1.29, 1.82) is 0 Å². The SMILES string of the molecule is CNC(=O)C1CN(C(=O)c2cc(-c3ccc(C)cc3)nc3ccccc23)c2ccccc2O1. The summed E-state index contributed by atoms with van der Waals surface area (Å²) in [6.45, 7) is 2.15. The van der Waals surface area contributed by atoms with E-state index in [2.05, 4.69) is 5.32 Å². The van der Waals surface area contributed by atoms with E-state index in [0.717, 1.165) is 27.7 Å². The molecule has 4 aromatic rings. The normalized spacial score (nSPS) is 15.0. The Kier molecular flexibility index (Phi) is 5.26. The molecule has 6 nitrogen and oxygen atoms in total. The van der Waals surface area contributed by atoms with Crippen molar-refractivity contribution in [2.45, 2.75) is 13.0 Å². The van der Waals surface area contributed by atoms with E-state index in [1.165, 1.54) is 0 Å². The van der Waals surface area contributed by atoms with Crippen LogP contribution in [-0.4, -0.2) is 36.5 Å². The third-order valence-corrected chi connectivity index (χ3v) is 5.85. The number of hydrogen-bond donors (Lipinski definition) is 1. The second-order valence-electron chi connectivity index (χ2n) is 8.04. The number of aromatic nitrogens is 1. The van der Waals surface area contributed by atoms with E-state index in [1.807, 2.05) is 79.7 Å². The number of para-hydroxylation sites is 3. The number of anilines is 1. The summed E-state index contributed by atoms with van der Waals surface area (Å²) >= 11 is 0. The number of benzene rings is 3. The number of aryl methyl sites for hydroxylation is 1. The van der Waals surface area contributed by atoms with Gasteiger partial charge in [0.05, 0.1) is 29.0 Å². The van der Waals surface area contributed by atoms with Crippen LogP contribution in [0.1, 0.15) is 15.9 Å². The van der Waals surface area contributed by atoms with Gasteiger partial charge in [-0.15, -0.1) is 0 Å². The van der Waals surface area contributed by atoms with Crippen molar-refractivity contribution in [2.24, 2.45) is 0 Å². The predicted molar refractivity (Wildman–Crippen MR) is 129 cm³/mol. The van der Waals surface area contributed by atoms with E-state index in [9.17, 15) is 9.59 Å². The molecule has 6 heteroatoms. The van der Waals surface area contributed by atoms with Crippen LogP contribution in [0.5, 0.6) is 5.75 Å². The minimum Gasteiger partial charge on any atom is -0.477 e. The molecule has 5 rings (SSSR count). The molecule has 164 valence electrons. The Hall–Kier alpha value is -4.19. The van der Waals surface area contributed by atoms with Gasteiger partial charge in [-0.05, 0) is 31.2 Å². The molecular formula is C27H23N3O3. The van der Waals surface area contributed by atoms with E-state index in [0.29, 0.717) is 17.0 Å².